The normalized spacial score (nSPS) is 17.5. The Morgan fingerprint density at radius 1 is 1.20 bits per heavy atom. The molecule has 3 aromatic rings. The van der Waals surface area contributed by atoms with E-state index >= 15 is 0 Å². The highest BCUT2D eigenvalue weighted by molar-refractivity contribution is 5.97. The number of piperazine rings is 1. The molecule has 2 aliphatic rings. The van der Waals surface area contributed by atoms with E-state index in [-0.39, 0.29) is 30.3 Å². The molecule has 1 aromatic heterocycles. The number of aryl methyl sites for hydroxylation is 1. The van der Waals surface area contributed by atoms with Crippen LogP contribution >= 0.6 is 0 Å². The number of aromatic nitrogens is 1. The van der Waals surface area contributed by atoms with Gasteiger partial charge in [-0.1, -0.05) is 36.9 Å². The number of fused-ring (bicyclic) bond motifs is 2. The highest BCUT2D eigenvalue weighted by atomic mass is 16.2. The third-order valence-electron chi connectivity index (χ3n) is 8.02. The van der Waals surface area contributed by atoms with E-state index in [0.29, 0.717) is 38.4 Å². The second kappa shape index (κ2) is 12.0. The number of anilines is 2. The van der Waals surface area contributed by atoms with Crippen molar-refractivity contribution >= 4 is 34.0 Å². The zero-order chi connectivity index (χ0) is 29.1. The lowest BCUT2D eigenvalue weighted by Crippen LogP contribution is -2.55. The number of carbonyl (C=O) groups excluding carboxylic acids is 2. The molecule has 0 radical (unpaired) electrons. The summed E-state index contributed by atoms with van der Waals surface area (Å²) in [6.45, 7) is 10.9. The van der Waals surface area contributed by atoms with Gasteiger partial charge in [0.1, 0.15) is 5.69 Å². The van der Waals surface area contributed by atoms with E-state index in [2.05, 4.69) is 71.1 Å². The average Bonchev–Trinajstić information content (AvgIpc) is 2.98. The minimum Gasteiger partial charge on any atom is -0.367 e. The van der Waals surface area contributed by atoms with Crippen LogP contribution in [0.4, 0.5) is 11.4 Å². The van der Waals surface area contributed by atoms with Gasteiger partial charge in [-0.2, -0.15) is 5.26 Å². The molecule has 0 bridgehead atoms. The van der Waals surface area contributed by atoms with Gasteiger partial charge in [-0.05, 0) is 49.4 Å². The Hall–Kier alpha value is -4.42. The fourth-order valence-electron chi connectivity index (χ4n) is 6.00. The number of rotatable bonds is 7. The summed E-state index contributed by atoms with van der Waals surface area (Å²) in [4.78, 5) is 36.9. The van der Waals surface area contributed by atoms with Gasteiger partial charge >= 0.3 is 0 Å². The molecule has 3 N–H and O–H groups in total. The first kappa shape index (κ1) is 28.1. The smallest absolute Gasteiger partial charge is 0.270 e. The van der Waals surface area contributed by atoms with Crippen molar-refractivity contribution in [1.29, 1.82) is 5.26 Å². The molecule has 41 heavy (non-hydrogen) atoms. The first-order valence-corrected chi connectivity index (χ1v) is 14.2. The topological polar surface area (TPSA) is 119 Å². The van der Waals surface area contributed by atoms with E-state index in [0.717, 1.165) is 35.6 Å². The summed E-state index contributed by atoms with van der Waals surface area (Å²) in [6.07, 6.45) is 2.29. The quantitative estimate of drug-likeness (QED) is 0.433. The molecule has 1 fully saturated rings. The van der Waals surface area contributed by atoms with Crippen molar-refractivity contribution in [1.82, 2.24) is 15.2 Å². The van der Waals surface area contributed by atoms with E-state index in [1.54, 1.807) is 4.90 Å². The number of hydrogen-bond acceptors (Lipinski definition) is 7. The van der Waals surface area contributed by atoms with Gasteiger partial charge in [-0.25, -0.2) is 4.98 Å². The molecule has 3 heterocycles. The molecule has 0 saturated carbocycles. The summed E-state index contributed by atoms with van der Waals surface area (Å²) in [5, 5.41) is 14.8. The lowest BCUT2D eigenvalue weighted by atomic mass is 9.97. The lowest BCUT2D eigenvalue weighted by molar-refractivity contribution is -0.128. The number of nitriles is 1. The summed E-state index contributed by atoms with van der Waals surface area (Å²) >= 11 is 0. The van der Waals surface area contributed by atoms with Gasteiger partial charge in [-0.3, -0.25) is 9.59 Å². The van der Waals surface area contributed by atoms with E-state index < -0.39 is 0 Å². The fourth-order valence-corrected chi connectivity index (χ4v) is 6.00. The van der Waals surface area contributed by atoms with Crippen LogP contribution < -0.4 is 20.9 Å². The number of amides is 2. The second-order valence-corrected chi connectivity index (χ2v) is 11.0. The maximum Gasteiger partial charge on any atom is 0.270 e. The van der Waals surface area contributed by atoms with Gasteiger partial charge in [0.25, 0.3) is 5.91 Å². The number of carbonyl (C=O) groups is 2. The summed E-state index contributed by atoms with van der Waals surface area (Å²) in [6, 6.07) is 16.4. The minimum atomic E-state index is -0.267. The monoisotopic (exact) mass is 551 g/mol. The first-order valence-electron chi connectivity index (χ1n) is 14.2. The largest absolute Gasteiger partial charge is 0.367 e. The van der Waals surface area contributed by atoms with Crippen molar-refractivity contribution in [3.05, 3.63) is 77.6 Å². The van der Waals surface area contributed by atoms with Crippen molar-refractivity contribution < 1.29 is 9.59 Å². The molecule has 0 unspecified atom stereocenters. The van der Waals surface area contributed by atoms with E-state index in [1.165, 1.54) is 22.4 Å². The van der Waals surface area contributed by atoms with Crippen molar-refractivity contribution in [2.24, 2.45) is 5.73 Å². The first-order chi connectivity index (χ1) is 19.8. The Kier molecular flexibility index (Phi) is 8.22. The summed E-state index contributed by atoms with van der Waals surface area (Å²) < 4.78 is 0. The maximum absolute atomic E-state index is 13.2. The van der Waals surface area contributed by atoms with Crippen molar-refractivity contribution in [3.8, 4) is 6.07 Å². The Balaban J connectivity index is 1.53. The summed E-state index contributed by atoms with van der Waals surface area (Å²) in [7, 11) is 0. The predicted octanol–water partition coefficient (Wildman–Crippen LogP) is 3.30. The van der Waals surface area contributed by atoms with Crippen LogP contribution in [0.3, 0.4) is 0 Å². The van der Waals surface area contributed by atoms with Crippen LogP contribution in [0, 0.1) is 18.3 Å². The zero-order valence-corrected chi connectivity index (χ0v) is 23.8. The summed E-state index contributed by atoms with van der Waals surface area (Å²) in [5.41, 5.74) is 11.5. The molecule has 2 amide bonds. The molecule has 9 heteroatoms. The van der Waals surface area contributed by atoms with Crippen molar-refractivity contribution in [2.75, 3.05) is 42.5 Å². The highest BCUT2D eigenvalue weighted by Crippen LogP contribution is 2.36. The zero-order valence-electron chi connectivity index (χ0n) is 23.8. The van der Waals surface area contributed by atoms with Crippen LogP contribution in [0.25, 0.3) is 10.8 Å². The van der Waals surface area contributed by atoms with Gasteiger partial charge in [0.05, 0.1) is 30.8 Å². The summed E-state index contributed by atoms with van der Waals surface area (Å²) in [5.74, 6) is -0.433. The standard InChI is InChI=1S/C32H37N7O2/c1-4-30(40)39-16-15-38(19-24(39)11-13-33)29-17-26(32(41)35-18-22(3)34)36-27-20-37(14-12-25(27)29)28-10-6-9-23-8-5-7-21(2)31(23)28/h4-10,17,22,24H,1,11-12,14-16,18-20,34H2,2-3H3,(H,35,41)/t22-,24-/m0/s1. The van der Waals surface area contributed by atoms with Gasteiger partial charge < -0.3 is 25.8 Å². The second-order valence-electron chi connectivity index (χ2n) is 11.0. The molecular formula is C32H37N7O2. The molecule has 212 valence electrons. The van der Waals surface area contributed by atoms with E-state index in [9.17, 15) is 14.9 Å². The number of nitrogens with zero attached hydrogens (tertiary/aromatic N) is 5. The van der Waals surface area contributed by atoms with Gasteiger partial charge in [0.2, 0.25) is 5.91 Å². The molecule has 1 saturated heterocycles. The Bertz CT molecular complexity index is 1520. The van der Waals surface area contributed by atoms with Gasteiger partial charge in [-0.15, -0.1) is 0 Å². The van der Waals surface area contributed by atoms with E-state index in [4.69, 9.17) is 10.7 Å². The molecule has 2 aliphatic heterocycles. The SMILES string of the molecule is C=CC(=O)N1CCN(c2cc(C(=O)NC[C@H](C)N)nc3c2CCN(c2cccc4cccc(C)c24)C3)C[C@@H]1CC#N. The number of nitrogens with two attached hydrogens (primary N) is 1. The number of nitrogens with one attached hydrogen (secondary N) is 1. The Morgan fingerprint density at radius 2 is 1.98 bits per heavy atom. The third kappa shape index (κ3) is 5.74. The maximum atomic E-state index is 13.2. The van der Waals surface area contributed by atoms with Crippen LogP contribution in [0.2, 0.25) is 0 Å². The lowest BCUT2D eigenvalue weighted by Gasteiger charge is -2.43. The van der Waals surface area contributed by atoms with E-state index in [1.807, 2.05) is 13.0 Å². The highest BCUT2D eigenvalue weighted by Gasteiger charge is 2.33. The Morgan fingerprint density at radius 3 is 2.71 bits per heavy atom. The predicted molar refractivity (Wildman–Crippen MR) is 162 cm³/mol. The molecule has 2 aromatic carbocycles. The molecule has 5 rings (SSSR count). The average molecular weight is 552 g/mol. The molecule has 0 spiro atoms. The molecule has 2 atom stereocenters. The number of benzene rings is 2. The van der Waals surface area contributed by atoms with Crippen LogP contribution in [0.5, 0.6) is 0 Å². The van der Waals surface area contributed by atoms with Crippen LogP contribution in [0.15, 0.2) is 55.1 Å². The number of hydrogen-bond donors (Lipinski definition) is 2. The third-order valence-corrected chi connectivity index (χ3v) is 8.02. The fraction of sp³-hybridized carbons (Fsp3) is 0.375. The number of pyridine rings is 1. The van der Waals surface area contributed by atoms with Crippen molar-refractivity contribution in [3.63, 3.8) is 0 Å². The van der Waals surface area contributed by atoms with Crippen LogP contribution in [-0.2, 0) is 17.8 Å². The van der Waals surface area contributed by atoms with Gasteiger partial charge in [0.15, 0.2) is 0 Å². The molecule has 9 nitrogen and oxygen atoms in total. The van der Waals surface area contributed by atoms with Crippen LogP contribution in [-0.4, -0.2) is 66.5 Å². The molecular weight excluding hydrogens is 514 g/mol. The Labute approximate surface area is 241 Å². The molecule has 0 aliphatic carbocycles. The van der Waals surface area contributed by atoms with Gasteiger partial charge in [0, 0.05) is 61.1 Å². The van der Waals surface area contributed by atoms with Crippen molar-refractivity contribution in [2.45, 2.75) is 45.3 Å². The minimum absolute atomic E-state index is 0.168. The van der Waals surface area contributed by atoms with Crippen LogP contribution in [0.1, 0.15) is 40.7 Å².